The maximum absolute atomic E-state index is 11.7. The average Bonchev–Trinajstić information content (AvgIpc) is 2.38. The third-order valence-electron chi connectivity index (χ3n) is 2.71. The number of imide groups is 1. The molecule has 0 atom stereocenters. The largest absolute Gasteiger partial charge is 0.482 e. The van der Waals surface area contributed by atoms with E-state index >= 15 is 0 Å². The zero-order chi connectivity index (χ0) is 14.0. The van der Waals surface area contributed by atoms with Crippen molar-refractivity contribution in [2.75, 3.05) is 18.1 Å². The fraction of sp³-hybridized carbons (Fsp3) is 0.250. The molecule has 7 heteroatoms. The molecule has 100 valence electrons. The summed E-state index contributed by atoms with van der Waals surface area (Å²) in [7, 11) is 0. The fourth-order valence-electron chi connectivity index (χ4n) is 1.85. The van der Waals surface area contributed by atoms with Gasteiger partial charge in [0.1, 0.15) is 5.75 Å². The minimum atomic E-state index is -1.19. The summed E-state index contributed by atoms with van der Waals surface area (Å²) in [5.41, 5.74) is 11.5. The van der Waals surface area contributed by atoms with Gasteiger partial charge in [-0.15, -0.1) is 0 Å². The van der Waals surface area contributed by atoms with Gasteiger partial charge < -0.3 is 16.2 Å². The molecule has 0 saturated heterocycles. The first kappa shape index (κ1) is 13.0. The molecule has 0 aromatic heterocycles. The zero-order valence-corrected chi connectivity index (χ0v) is 10.1. The number of amides is 3. The monoisotopic (exact) mass is 263 g/mol. The second-order valence-corrected chi connectivity index (χ2v) is 4.03. The Hall–Kier alpha value is -2.41. The second kappa shape index (κ2) is 5.07. The summed E-state index contributed by atoms with van der Waals surface area (Å²) in [6.45, 7) is 0.125. The van der Waals surface area contributed by atoms with E-state index in [0.29, 0.717) is 18.7 Å². The number of rotatable bonds is 2. The first-order valence-electron chi connectivity index (χ1n) is 5.67. The van der Waals surface area contributed by atoms with Crippen LogP contribution in [0.25, 0.3) is 0 Å². The van der Waals surface area contributed by atoms with Crippen molar-refractivity contribution < 1.29 is 19.1 Å². The third kappa shape index (κ3) is 2.41. The van der Waals surface area contributed by atoms with Crippen molar-refractivity contribution >= 4 is 23.4 Å². The van der Waals surface area contributed by atoms with Gasteiger partial charge in [0.25, 0.3) is 5.91 Å². The molecule has 4 N–H and O–H groups in total. The van der Waals surface area contributed by atoms with Crippen LogP contribution in [-0.4, -0.2) is 30.9 Å². The molecule has 0 saturated carbocycles. The van der Waals surface area contributed by atoms with Crippen molar-refractivity contribution in [1.29, 1.82) is 0 Å². The van der Waals surface area contributed by atoms with Crippen LogP contribution < -0.4 is 21.1 Å². The topological polar surface area (TPSA) is 116 Å². The summed E-state index contributed by atoms with van der Waals surface area (Å²) in [6, 6.07) is 5.02. The molecule has 0 fully saturated rings. The van der Waals surface area contributed by atoms with E-state index in [1.54, 1.807) is 18.2 Å². The molecule has 7 nitrogen and oxygen atoms in total. The Morgan fingerprint density at radius 1 is 1.37 bits per heavy atom. The number of nitrogens with zero attached hydrogens (tertiary/aromatic N) is 1. The second-order valence-electron chi connectivity index (χ2n) is 4.03. The highest BCUT2D eigenvalue weighted by Crippen LogP contribution is 2.33. The Kier molecular flexibility index (Phi) is 3.48. The van der Waals surface area contributed by atoms with E-state index in [1.165, 1.54) is 0 Å². The summed E-state index contributed by atoms with van der Waals surface area (Å²) >= 11 is 0. The Balaban J connectivity index is 2.46. The highest BCUT2D eigenvalue weighted by atomic mass is 16.5. The predicted octanol–water partition coefficient (Wildman–Crippen LogP) is -1.07. The number of carbonyl (C=O) groups is 3. The van der Waals surface area contributed by atoms with Crippen LogP contribution in [0.2, 0.25) is 0 Å². The first-order valence-corrected chi connectivity index (χ1v) is 5.67. The zero-order valence-electron chi connectivity index (χ0n) is 10.1. The van der Waals surface area contributed by atoms with Crippen molar-refractivity contribution in [1.82, 2.24) is 0 Å². The Bertz CT molecular complexity index is 556. The van der Waals surface area contributed by atoms with Gasteiger partial charge in [-0.2, -0.15) is 0 Å². The van der Waals surface area contributed by atoms with Gasteiger partial charge in [0, 0.05) is 0 Å². The molecule has 1 aliphatic rings. The third-order valence-corrected chi connectivity index (χ3v) is 2.71. The van der Waals surface area contributed by atoms with E-state index in [0.717, 1.165) is 10.5 Å². The Labute approximate surface area is 109 Å². The van der Waals surface area contributed by atoms with Gasteiger partial charge in [-0.25, -0.2) is 4.90 Å². The van der Waals surface area contributed by atoms with Crippen LogP contribution in [0.1, 0.15) is 5.56 Å². The molecule has 0 bridgehead atoms. The van der Waals surface area contributed by atoms with Crippen LogP contribution in [0.5, 0.6) is 5.75 Å². The summed E-state index contributed by atoms with van der Waals surface area (Å²) < 4.78 is 5.20. The molecule has 1 aromatic rings. The number of benzene rings is 1. The van der Waals surface area contributed by atoms with E-state index in [1.807, 2.05) is 0 Å². The quantitative estimate of drug-likeness (QED) is 0.659. The average molecular weight is 263 g/mol. The van der Waals surface area contributed by atoms with E-state index < -0.39 is 17.7 Å². The molecule has 1 heterocycles. The van der Waals surface area contributed by atoms with Crippen LogP contribution in [0.3, 0.4) is 0 Å². The number of carbonyl (C=O) groups excluding carboxylic acids is 3. The molecular weight excluding hydrogens is 250 g/mol. The predicted molar refractivity (Wildman–Crippen MR) is 66.4 cm³/mol. The number of ether oxygens (including phenoxy) is 1. The normalized spacial score (nSPS) is 13.7. The van der Waals surface area contributed by atoms with Gasteiger partial charge in [-0.1, -0.05) is 6.07 Å². The van der Waals surface area contributed by atoms with Crippen molar-refractivity contribution in [2.45, 2.75) is 6.42 Å². The lowest BCUT2D eigenvalue weighted by molar-refractivity contribution is -0.138. The van der Waals surface area contributed by atoms with E-state index in [9.17, 15) is 14.4 Å². The van der Waals surface area contributed by atoms with Crippen molar-refractivity contribution in [2.24, 2.45) is 11.5 Å². The van der Waals surface area contributed by atoms with E-state index in [-0.39, 0.29) is 12.3 Å². The van der Waals surface area contributed by atoms with Crippen LogP contribution in [0.4, 0.5) is 5.69 Å². The lowest BCUT2D eigenvalue weighted by Crippen LogP contribution is -2.48. The van der Waals surface area contributed by atoms with Gasteiger partial charge in [0.15, 0.2) is 6.61 Å². The van der Waals surface area contributed by atoms with Gasteiger partial charge in [0.2, 0.25) is 0 Å². The Morgan fingerprint density at radius 2 is 2.11 bits per heavy atom. The van der Waals surface area contributed by atoms with E-state index in [2.05, 4.69) is 0 Å². The molecule has 0 unspecified atom stereocenters. The smallest absolute Gasteiger partial charge is 0.323 e. The summed E-state index contributed by atoms with van der Waals surface area (Å²) in [5.74, 6) is -2.53. The number of hydrogen-bond donors (Lipinski definition) is 2. The van der Waals surface area contributed by atoms with Crippen LogP contribution >= 0.6 is 0 Å². The standard InChI is InChI=1S/C12H13N3O4/c13-4-3-7-1-2-9-8(5-7)15(10(16)6-19-9)12(18)11(14)17/h1-2,5H,3-4,6,13H2,(H2,14,17). The summed E-state index contributed by atoms with van der Waals surface area (Å²) in [5, 5.41) is 0. The SMILES string of the molecule is NCCc1ccc2c(c1)N(C(=O)C(N)=O)C(=O)CO2. The molecule has 19 heavy (non-hydrogen) atoms. The van der Waals surface area contributed by atoms with Crippen molar-refractivity contribution in [3.8, 4) is 5.75 Å². The molecular formula is C12H13N3O4. The number of primary amides is 1. The molecule has 0 spiro atoms. The lowest BCUT2D eigenvalue weighted by atomic mass is 10.1. The summed E-state index contributed by atoms with van der Waals surface area (Å²) in [4.78, 5) is 35.1. The first-order chi connectivity index (χ1) is 9.04. The maximum Gasteiger partial charge on any atom is 0.323 e. The maximum atomic E-state index is 11.7. The van der Waals surface area contributed by atoms with Crippen molar-refractivity contribution in [3.05, 3.63) is 23.8 Å². The molecule has 3 amide bonds. The number of hydrogen-bond acceptors (Lipinski definition) is 5. The number of nitrogens with two attached hydrogens (primary N) is 2. The number of fused-ring (bicyclic) bond motifs is 1. The molecule has 0 radical (unpaired) electrons. The van der Waals surface area contributed by atoms with E-state index in [4.69, 9.17) is 16.2 Å². The lowest BCUT2D eigenvalue weighted by Gasteiger charge is -2.27. The van der Waals surface area contributed by atoms with Gasteiger partial charge >= 0.3 is 11.8 Å². The molecule has 1 aliphatic heterocycles. The Morgan fingerprint density at radius 3 is 2.74 bits per heavy atom. The van der Waals surface area contributed by atoms with Crippen LogP contribution in [0.15, 0.2) is 18.2 Å². The minimum Gasteiger partial charge on any atom is -0.482 e. The van der Waals surface area contributed by atoms with Crippen LogP contribution in [-0.2, 0) is 20.8 Å². The number of anilines is 1. The summed E-state index contributed by atoms with van der Waals surface area (Å²) in [6.07, 6.45) is 0.583. The highest BCUT2D eigenvalue weighted by molar-refractivity contribution is 6.45. The van der Waals surface area contributed by atoms with Gasteiger partial charge in [-0.3, -0.25) is 14.4 Å². The molecule has 1 aromatic carbocycles. The van der Waals surface area contributed by atoms with Crippen molar-refractivity contribution in [3.63, 3.8) is 0 Å². The molecule has 2 rings (SSSR count). The molecule has 0 aliphatic carbocycles. The van der Waals surface area contributed by atoms with Gasteiger partial charge in [0.05, 0.1) is 5.69 Å². The van der Waals surface area contributed by atoms with Crippen LogP contribution in [0, 0.1) is 0 Å². The fourth-order valence-corrected chi connectivity index (χ4v) is 1.85. The van der Waals surface area contributed by atoms with Gasteiger partial charge in [-0.05, 0) is 30.7 Å². The minimum absolute atomic E-state index is 0.228. The highest BCUT2D eigenvalue weighted by Gasteiger charge is 2.33.